The van der Waals surface area contributed by atoms with Crippen LogP contribution < -0.4 is 26.2 Å². The number of anilines is 6. The summed E-state index contributed by atoms with van der Waals surface area (Å²) in [6.07, 6.45) is 3.01. The third-order valence-electron chi connectivity index (χ3n) is 13.1. The van der Waals surface area contributed by atoms with E-state index in [1.165, 1.54) is 116 Å². The highest BCUT2D eigenvalue weighted by atomic mass is 15.2. The number of hydrogen-bond acceptors (Lipinski definition) is 2. The van der Waals surface area contributed by atoms with Gasteiger partial charge in [-0.25, -0.2) is 0 Å². The average molecular weight is 745 g/mol. The maximum atomic E-state index is 2.55. The van der Waals surface area contributed by atoms with Crippen LogP contribution in [0.5, 0.6) is 0 Å². The Hall–Kier alpha value is -6.58. The third kappa shape index (κ3) is 5.12. The van der Waals surface area contributed by atoms with Crippen LogP contribution in [0.4, 0.5) is 34.1 Å². The number of fused-ring (bicyclic) bond motifs is 10. The predicted octanol–water partition coefficient (Wildman–Crippen LogP) is 12.9. The van der Waals surface area contributed by atoms with Gasteiger partial charge in [0.25, 0.3) is 6.71 Å². The maximum absolute atomic E-state index is 2.55. The second-order valence-corrected chi connectivity index (χ2v) is 16.1. The van der Waals surface area contributed by atoms with Crippen LogP contribution in [-0.2, 0) is 19.3 Å². The summed E-state index contributed by atoms with van der Waals surface area (Å²) in [6, 6.07) is 62.4. The van der Waals surface area contributed by atoms with E-state index < -0.39 is 0 Å². The average Bonchev–Trinajstić information content (AvgIpc) is 3.29. The first-order chi connectivity index (χ1) is 28.6. The molecule has 58 heavy (non-hydrogen) atoms. The van der Waals surface area contributed by atoms with E-state index in [1.54, 1.807) is 0 Å². The zero-order chi connectivity index (χ0) is 39.1. The molecule has 2 aliphatic heterocycles. The van der Waals surface area contributed by atoms with Crippen molar-refractivity contribution in [1.82, 2.24) is 0 Å². The largest absolute Gasteiger partial charge is 0.311 e. The fourth-order valence-corrected chi connectivity index (χ4v) is 10.1. The van der Waals surface area contributed by atoms with Crippen LogP contribution in [0.2, 0.25) is 0 Å². The normalized spacial score (nSPS) is 12.9. The highest BCUT2D eigenvalue weighted by molar-refractivity contribution is 7.00. The smallest absolute Gasteiger partial charge is 0.252 e. The molecule has 0 amide bonds. The number of benzene rings is 9. The van der Waals surface area contributed by atoms with Crippen LogP contribution >= 0.6 is 0 Å². The van der Waals surface area contributed by atoms with Crippen molar-refractivity contribution in [2.24, 2.45) is 0 Å². The Morgan fingerprint density at radius 1 is 0.397 bits per heavy atom. The van der Waals surface area contributed by atoms with Gasteiger partial charge < -0.3 is 9.80 Å². The zero-order valence-corrected chi connectivity index (χ0v) is 33.7. The molecule has 0 spiro atoms. The molecule has 9 aromatic rings. The molecule has 2 aliphatic rings. The van der Waals surface area contributed by atoms with Gasteiger partial charge in [0.2, 0.25) is 0 Å². The molecule has 2 nitrogen and oxygen atoms in total. The Bertz CT molecular complexity index is 3060. The summed E-state index contributed by atoms with van der Waals surface area (Å²) in [7, 11) is 0. The molecule has 0 saturated heterocycles. The van der Waals surface area contributed by atoms with Crippen molar-refractivity contribution in [3.05, 3.63) is 186 Å². The minimum absolute atomic E-state index is 0.110. The van der Waals surface area contributed by atoms with Crippen LogP contribution in [0.3, 0.4) is 0 Å². The lowest BCUT2D eigenvalue weighted by Gasteiger charge is -2.44. The van der Waals surface area contributed by atoms with Crippen LogP contribution in [0.1, 0.15) is 43.0 Å². The van der Waals surface area contributed by atoms with Crippen molar-refractivity contribution in [1.29, 1.82) is 0 Å². The molecule has 3 heteroatoms. The van der Waals surface area contributed by atoms with Crippen molar-refractivity contribution >= 4 is 89.5 Å². The van der Waals surface area contributed by atoms with E-state index in [0.717, 1.165) is 19.3 Å². The highest BCUT2D eigenvalue weighted by Gasteiger charge is 2.43. The fraction of sp³-hybridized carbons (Fsp3) is 0.127. The van der Waals surface area contributed by atoms with E-state index in [4.69, 9.17) is 0 Å². The molecular weight excluding hydrogens is 699 g/mol. The molecule has 0 aromatic heterocycles. The lowest BCUT2D eigenvalue weighted by Crippen LogP contribution is -2.61. The molecule has 0 radical (unpaired) electrons. The zero-order valence-electron chi connectivity index (χ0n) is 33.7. The molecule has 0 aliphatic carbocycles. The second-order valence-electron chi connectivity index (χ2n) is 16.1. The summed E-state index contributed by atoms with van der Waals surface area (Å²) in [5, 5.41) is 7.80. The Morgan fingerprint density at radius 2 is 0.879 bits per heavy atom. The molecule has 9 aromatic carbocycles. The monoisotopic (exact) mass is 744 g/mol. The van der Waals surface area contributed by atoms with Gasteiger partial charge in [0.15, 0.2) is 0 Å². The van der Waals surface area contributed by atoms with Crippen LogP contribution in [-0.4, -0.2) is 6.71 Å². The van der Waals surface area contributed by atoms with Crippen LogP contribution in [0.25, 0.3) is 43.4 Å². The first-order valence-corrected chi connectivity index (χ1v) is 21.1. The molecule has 0 saturated carbocycles. The van der Waals surface area contributed by atoms with E-state index >= 15 is 0 Å². The molecule has 11 rings (SSSR count). The fourth-order valence-electron chi connectivity index (χ4n) is 10.1. The van der Waals surface area contributed by atoms with E-state index in [2.05, 4.69) is 201 Å². The number of nitrogens with zero attached hydrogens (tertiary/aromatic N) is 2. The van der Waals surface area contributed by atoms with E-state index in [1.807, 2.05) is 0 Å². The summed E-state index contributed by atoms with van der Waals surface area (Å²) < 4.78 is 0. The van der Waals surface area contributed by atoms with Gasteiger partial charge in [-0.15, -0.1) is 0 Å². The minimum Gasteiger partial charge on any atom is -0.311 e. The standard InChI is InChI=1S/C55H45BN2/c1-5-36-23-28-39(29-24-36)57-50-30-25-37(6-2)32-48(50)56-49-33-38(7-3)26-31-51(49)58(53-21-13-20-52(57)55(53)56)40-27-22-35(4)47(34-40)46-19-12-18-45-43-15-9-8-14-41(43)42-16-10-11-17-44(42)54(45)46/h8-34H,5-7H2,1-4H3. The van der Waals surface area contributed by atoms with Gasteiger partial charge in [-0.2, -0.15) is 0 Å². The first-order valence-electron chi connectivity index (χ1n) is 21.1. The maximum Gasteiger partial charge on any atom is 0.252 e. The lowest BCUT2D eigenvalue weighted by atomic mass is 9.33. The molecule has 278 valence electrons. The Balaban J connectivity index is 1.17. The molecule has 0 bridgehead atoms. The van der Waals surface area contributed by atoms with Crippen molar-refractivity contribution in [3.63, 3.8) is 0 Å². The van der Waals surface area contributed by atoms with Gasteiger partial charge in [0, 0.05) is 34.1 Å². The summed E-state index contributed by atoms with van der Waals surface area (Å²) in [6.45, 7) is 9.15. The SMILES string of the molecule is CCc1ccc(N2c3ccc(CC)cc3B3c4cc(CC)ccc4N(c4ccc(C)c(-c5cccc6c7ccccc7c7ccccc7c56)c4)c4cccc2c43)cc1. The summed E-state index contributed by atoms with van der Waals surface area (Å²) >= 11 is 0. The summed E-state index contributed by atoms with van der Waals surface area (Å²) in [4.78, 5) is 5.07. The van der Waals surface area contributed by atoms with Crippen molar-refractivity contribution in [2.75, 3.05) is 9.80 Å². The van der Waals surface area contributed by atoms with Crippen molar-refractivity contribution in [2.45, 2.75) is 47.0 Å². The number of rotatable bonds is 6. The predicted molar refractivity (Wildman–Crippen MR) is 251 cm³/mol. The number of hydrogen-bond donors (Lipinski definition) is 0. The van der Waals surface area contributed by atoms with Gasteiger partial charge in [0.1, 0.15) is 0 Å². The highest BCUT2D eigenvalue weighted by Crippen LogP contribution is 2.46. The Labute approximate surface area is 342 Å². The second kappa shape index (κ2) is 13.5. The van der Waals surface area contributed by atoms with Gasteiger partial charge >= 0.3 is 0 Å². The van der Waals surface area contributed by atoms with E-state index in [0.29, 0.717) is 0 Å². The Kier molecular flexibility index (Phi) is 8.08. The van der Waals surface area contributed by atoms with Crippen LogP contribution in [0, 0.1) is 6.92 Å². The number of aryl methyl sites for hydroxylation is 4. The third-order valence-corrected chi connectivity index (χ3v) is 13.1. The van der Waals surface area contributed by atoms with Gasteiger partial charge in [-0.1, -0.05) is 136 Å². The minimum atomic E-state index is 0.110. The van der Waals surface area contributed by atoms with Crippen molar-refractivity contribution in [3.8, 4) is 11.1 Å². The van der Waals surface area contributed by atoms with E-state index in [-0.39, 0.29) is 6.71 Å². The van der Waals surface area contributed by atoms with Gasteiger partial charge in [-0.05, 0) is 157 Å². The molecule has 0 atom stereocenters. The topological polar surface area (TPSA) is 6.48 Å². The molecular formula is C55H45BN2. The summed E-state index contributed by atoms with van der Waals surface area (Å²) in [5.41, 5.74) is 19.4. The molecule has 0 fully saturated rings. The molecule has 2 heterocycles. The Morgan fingerprint density at radius 3 is 1.47 bits per heavy atom. The van der Waals surface area contributed by atoms with Crippen molar-refractivity contribution < 1.29 is 0 Å². The molecule has 0 unspecified atom stereocenters. The molecule has 0 N–H and O–H groups in total. The van der Waals surface area contributed by atoms with E-state index in [9.17, 15) is 0 Å². The van der Waals surface area contributed by atoms with Crippen LogP contribution in [0.15, 0.2) is 164 Å². The quantitative estimate of drug-likeness (QED) is 0.124. The van der Waals surface area contributed by atoms with Gasteiger partial charge in [0.05, 0.1) is 0 Å². The first kappa shape index (κ1) is 34.7. The summed E-state index contributed by atoms with van der Waals surface area (Å²) in [5.74, 6) is 0. The lowest BCUT2D eigenvalue weighted by molar-refractivity contribution is 1.13. The van der Waals surface area contributed by atoms with Gasteiger partial charge in [-0.3, -0.25) is 0 Å².